The van der Waals surface area contributed by atoms with Crippen molar-refractivity contribution in [3.63, 3.8) is 0 Å². The lowest BCUT2D eigenvalue weighted by Crippen LogP contribution is -2.01. The van der Waals surface area contributed by atoms with Crippen molar-refractivity contribution in [2.24, 2.45) is 0 Å². The van der Waals surface area contributed by atoms with Crippen molar-refractivity contribution >= 4 is 0 Å². The molecule has 1 aromatic rings. The summed E-state index contributed by atoms with van der Waals surface area (Å²) in [6.45, 7) is 1.98. The van der Waals surface area contributed by atoms with Crippen molar-refractivity contribution in [3.05, 3.63) is 36.4 Å². The van der Waals surface area contributed by atoms with Gasteiger partial charge in [0.2, 0.25) is 0 Å². The Morgan fingerprint density at radius 2 is 2.17 bits per heavy atom. The van der Waals surface area contributed by atoms with E-state index in [1.807, 2.05) is 31.8 Å². The highest BCUT2D eigenvalue weighted by Crippen LogP contribution is 2.17. The van der Waals surface area contributed by atoms with Crippen LogP contribution in [0.5, 0.6) is 5.75 Å². The molecule has 0 aliphatic heterocycles. The van der Waals surface area contributed by atoms with Gasteiger partial charge in [-0.15, -0.1) is 0 Å². The van der Waals surface area contributed by atoms with Crippen LogP contribution in [0, 0.1) is 6.54 Å². The molecule has 0 bridgehead atoms. The maximum atomic E-state index is 9.38. The zero-order chi connectivity index (χ0) is 8.81. The van der Waals surface area contributed by atoms with E-state index in [-0.39, 0.29) is 0 Å². The Labute approximate surface area is 73.2 Å². The monoisotopic (exact) mass is 164 g/mol. The molecule has 2 nitrogen and oxygen atoms in total. The van der Waals surface area contributed by atoms with E-state index in [9.17, 15) is 5.11 Å². The van der Waals surface area contributed by atoms with Gasteiger partial charge in [-0.2, -0.15) is 0 Å². The van der Waals surface area contributed by atoms with Gasteiger partial charge in [0.15, 0.2) is 0 Å². The second kappa shape index (κ2) is 4.78. The molecular weight excluding hydrogens is 150 g/mol. The molecular formula is C10H14NO. The molecule has 0 fully saturated rings. The van der Waals surface area contributed by atoms with Gasteiger partial charge in [-0.05, 0) is 31.5 Å². The predicted octanol–water partition coefficient (Wildman–Crippen LogP) is 1.71. The van der Waals surface area contributed by atoms with E-state index in [0.717, 1.165) is 18.4 Å². The van der Waals surface area contributed by atoms with E-state index < -0.39 is 0 Å². The molecule has 0 saturated heterocycles. The van der Waals surface area contributed by atoms with Crippen LogP contribution in [0.4, 0.5) is 0 Å². The van der Waals surface area contributed by atoms with Crippen LogP contribution in [0.2, 0.25) is 0 Å². The van der Waals surface area contributed by atoms with E-state index in [1.165, 1.54) is 0 Å². The van der Waals surface area contributed by atoms with Gasteiger partial charge in [-0.1, -0.05) is 18.2 Å². The summed E-state index contributed by atoms with van der Waals surface area (Å²) in [6.07, 6.45) is 1.82. The largest absolute Gasteiger partial charge is 0.508 e. The van der Waals surface area contributed by atoms with Crippen LogP contribution in [-0.2, 0) is 6.42 Å². The van der Waals surface area contributed by atoms with Crippen molar-refractivity contribution < 1.29 is 5.11 Å². The van der Waals surface area contributed by atoms with Gasteiger partial charge in [0.25, 0.3) is 0 Å². The molecule has 65 valence electrons. The molecule has 0 heterocycles. The minimum Gasteiger partial charge on any atom is -0.508 e. The Morgan fingerprint density at radius 1 is 1.42 bits per heavy atom. The van der Waals surface area contributed by atoms with Crippen molar-refractivity contribution in [3.8, 4) is 5.75 Å². The standard InChI is InChI=1S/C10H14NO/c1-11-8-4-6-9-5-2-3-7-10(9)12/h2-3,5,7-8,11-12H,4,6H2,1H3. The van der Waals surface area contributed by atoms with Crippen molar-refractivity contribution in [1.82, 2.24) is 5.32 Å². The minimum absolute atomic E-state index is 0.391. The minimum atomic E-state index is 0.391. The van der Waals surface area contributed by atoms with Gasteiger partial charge in [-0.3, -0.25) is 0 Å². The Kier molecular flexibility index (Phi) is 3.61. The fourth-order valence-corrected chi connectivity index (χ4v) is 1.09. The number of aryl methyl sites for hydroxylation is 1. The predicted molar refractivity (Wildman–Crippen MR) is 49.8 cm³/mol. The van der Waals surface area contributed by atoms with Crippen LogP contribution in [0.15, 0.2) is 24.3 Å². The average molecular weight is 164 g/mol. The number of aromatic hydroxyl groups is 1. The molecule has 1 aromatic carbocycles. The number of phenolic OH excluding ortho intramolecular Hbond substituents is 1. The second-order valence-electron chi connectivity index (χ2n) is 2.66. The summed E-state index contributed by atoms with van der Waals surface area (Å²) in [4.78, 5) is 0. The number of para-hydroxylation sites is 1. The zero-order valence-corrected chi connectivity index (χ0v) is 7.25. The summed E-state index contributed by atoms with van der Waals surface area (Å²) in [5.74, 6) is 0.391. The SMILES string of the molecule is CN[CH]CCc1ccccc1O. The van der Waals surface area contributed by atoms with Gasteiger partial charge in [0.1, 0.15) is 5.75 Å². The van der Waals surface area contributed by atoms with Crippen LogP contribution < -0.4 is 5.32 Å². The fourth-order valence-electron chi connectivity index (χ4n) is 1.09. The summed E-state index contributed by atoms with van der Waals surface area (Å²) in [6, 6.07) is 7.43. The van der Waals surface area contributed by atoms with E-state index >= 15 is 0 Å². The summed E-state index contributed by atoms with van der Waals surface area (Å²) in [5, 5.41) is 12.3. The topological polar surface area (TPSA) is 32.3 Å². The highest BCUT2D eigenvalue weighted by atomic mass is 16.3. The highest BCUT2D eigenvalue weighted by Gasteiger charge is 1.97. The number of hydrogen-bond donors (Lipinski definition) is 2. The van der Waals surface area contributed by atoms with Crippen molar-refractivity contribution in [1.29, 1.82) is 0 Å². The second-order valence-corrected chi connectivity index (χ2v) is 2.66. The summed E-state index contributed by atoms with van der Waals surface area (Å²) < 4.78 is 0. The number of phenols is 1. The van der Waals surface area contributed by atoms with Gasteiger partial charge in [0.05, 0.1) is 0 Å². The van der Waals surface area contributed by atoms with Gasteiger partial charge in [0, 0.05) is 6.54 Å². The molecule has 0 amide bonds. The van der Waals surface area contributed by atoms with Gasteiger partial charge < -0.3 is 10.4 Å². The Morgan fingerprint density at radius 3 is 2.83 bits per heavy atom. The first-order valence-electron chi connectivity index (χ1n) is 4.10. The molecule has 1 radical (unpaired) electrons. The number of hydrogen-bond acceptors (Lipinski definition) is 2. The summed E-state index contributed by atoms with van der Waals surface area (Å²) in [5.41, 5.74) is 1.00. The quantitative estimate of drug-likeness (QED) is 0.664. The molecule has 0 unspecified atom stereocenters. The molecule has 0 aliphatic rings. The molecule has 0 atom stereocenters. The smallest absolute Gasteiger partial charge is 0.118 e. The summed E-state index contributed by atoms with van der Waals surface area (Å²) >= 11 is 0. The van der Waals surface area contributed by atoms with Crippen molar-refractivity contribution in [2.75, 3.05) is 7.05 Å². The van der Waals surface area contributed by atoms with Crippen molar-refractivity contribution in [2.45, 2.75) is 12.8 Å². The first-order chi connectivity index (χ1) is 5.84. The van der Waals surface area contributed by atoms with Crippen LogP contribution in [0.1, 0.15) is 12.0 Å². The first kappa shape index (κ1) is 9.07. The van der Waals surface area contributed by atoms with E-state index in [0.29, 0.717) is 5.75 Å². The number of nitrogens with one attached hydrogen (secondary N) is 1. The van der Waals surface area contributed by atoms with Gasteiger partial charge >= 0.3 is 0 Å². The third-order valence-corrected chi connectivity index (χ3v) is 1.75. The van der Waals surface area contributed by atoms with E-state index in [2.05, 4.69) is 5.32 Å². The maximum Gasteiger partial charge on any atom is 0.118 e. The Bertz CT molecular complexity index is 235. The third kappa shape index (κ3) is 2.55. The maximum absolute atomic E-state index is 9.38. The molecule has 2 N–H and O–H groups in total. The van der Waals surface area contributed by atoms with E-state index in [4.69, 9.17) is 0 Å². The number of benzene rings is 1. The van der Waals surface area contributed by atoms with Gasteiger partial charge in [-0.25, -0.2) is 0 Å². The van der Waals surface area contributed by atoms with Crippen LogP contribution in [-0.4, -0.2) is 12.2 Å². The lowest BCUT2D eigenvalue weighted by atomic mass is 10.1. The fraction of sp³-hybridized carbons (Fsp3) is 0.300. The van der Waals surface area contributed by atoms with E-state index in [1.54, 1.807) is 6.07 Å². The Hall–Kier alpha value is -1.02. The zero-order valence-electron chi connectivity index (χ0n) is 7.25. The lowest BCUT2D eigenvalue weighted by Gasteiger charge is -2.02. The molecule has 0 aromatic heterocycles. The highest BCUT2D eigenvalue weighted by molar-refractivity contribution is 5.31. The number of rotatable bonds is 4. The molecule has 1 rings (SSSR count). The normalized spacial score (nSPS) is 10.1. The molecule has 0 aliphatic carbocycles. The lowest BCUT2D eigenvalue weighted by molar-refractivity contribution is 0.467. The molecule has 0 saturated carbocycles. The first-order valence-corrected chi connectivity index (χ1v) is 4.10. The Balaban J connectivity index is 2.46. The average Bonchev–Trinajstić information content (AvgIpc) is 2.09. The molecule has 12 heavy (non-hydrogen) atoms. The van der Waals surface area contributed by atoms with Crippen LogP contribution in [0.3, 0.4) is 0 Å². The molecule has 0 spiro atoms. The molecule has 2 heteroatoms. The van der Waals surface area contributed by atoms with Crippen LogP contribution in [0.25, 0.3) is 0 Å². The van der Waals surface area contributed by atoms with Crippen LogP contribution >= 0.6 is 0 Å². The third-order valence-electron chi connectivity index (χ3n) is 1.75. The summed E-state index contributed by atoms with van der Waals surface area (Å²) in [7, 11) is 1.88.